The molecule has 0 atom stereocenters. The molecule has 0 radical (unpaired) electrons. The lowest BCUT2D eigenvalue weighted by molar-refractivity contribution is -0.130. The van der Waals surface area contributed by atoms with E-state index in [4.69, 9.17) is 16.6 Å². The minimum atomic E-state index is 0.0226. The maximum absolute atomic E-state index is 12.4. The molecule has 0 aliphatic carbocycles. The van der Waals surface area contributed by atoms with E-state index in [0.29, 0.717) is 24.3 Å². The van der Waals surface area contributed by atoms with E-state index >= 15 is 0 Å². The number of rotatable bonds is 6. The van der Waals surface area contributed by atoms with Crippen molar-refractivity contribution in [2.75, 3.05) is 7.05 Å². The zero-order valence-corrected chi connectivity index (χ0v) is 15.0. The molecular formula is C18H20N4O2S. The van der Waals surface area contributed by atoms with Crippen molar-refractivity contribution in [2.24, 2.45) is 0 Å². The van der Waals surface area contributed by atoms with Crippen molar-refractivity contribution in [1.82, 2.24) is 19.7 Å². The molecule has 2 aromatic heterocycles. The van der Waals surface area contributed by atoms with Crippen LogP contribution in [0.5, 0.6) is 0 Å². The van der Waals surface area contributed by atoms with Crippen molar-refractivity contribution in [3.8, 4) is 11.4 Å². The van der Waals surface area contributed by atoms with Gasteiger partial charge < -0.3 is 9.32 Å². The molecule has 1 aromatic carbocycles. The van der Waals surface area contributed by atoms with Gasteiger partial charge in [0.25, 0.3) is 0 Å². The van der Waals surface area contributed by atoms with Gasteiger partial charge in [0.2, 0.25) is 5.91 Å². The summed E-state index contributed by atoms with van der Waals surface area (Å²) >= 11 is 5.31. The van der Waals surface area contributed by atoms with Gasteiger partial charge in [-0.3, -0.25) is 14.5 Å². The van der Waals surface area contributed by atoms with Crippen molar-refractivity contribution in [2.45, 2.75) is 26.4 Å². The van der Waals surface area contributed by atoms with Gasteiger partial charge in [-0.25, -0.2) is 0 Å². The van der Waals surface area contributed by atoms with Gasteiger partial charge in [0, 0.05) is 25.6 Å². The third-order valence-corrected chi connectivity index (χ3v) is 4.33. The molecule has 1 amide bonds. The van der Waals surface area contributed by atoms with Gasteiger partial charge in [-0.05, 0) is 31.3 Å². The number of carbonyl (C=O) groups is 1. The molecule has 6 nitrogen and oxygen atoms in total. The number of aromatic amines is 1. The van der Waals surface area contributed by atoms with Crippen LogP contribution >= 0.6 is 12.2 Å². The molecule has 130 valence electrons. The summed E-state index contributed by atoms with van der Waals surface area (Å²) in [7, 11) is 1.76. The zero-order chi connectivity index (χ0) is 17.8. The Morgan fingerprint density at radius 1 is 1.32 bits per heavy atom. The van der Waals surface area contributed by atoms with Crippen LogP contribution in [0.3, 0.4) is 0 Å². The third-order valence-electron chi connectivity index (χ3n) is 4.02. The van der Waals surface area contributed by atoms with Crippen molar-refractivity contribution in [3.05, 3.63) is 58.8 Å². The van der Waals surface area contributed by atoms with Crippen molar-refractivity contribution in [1.29, 1.82) is 0 Å². The Kier molecular flexibility index (Phi) is 5.14. The largest absolute Gasteiger partial charge is 0.467 e. The Balaban J connectivity index is 1.69. The lowest BCUT2D eigenvalue weighted by Crippen LogP contribution is -2.27. The van der Waals surface area contributed by atoms with Crippen LogP contribution in [0, 0.1) is 11.7 Å². The molecule has 0 unspecified atom stereocenters. The molecule has 0 saturated carbocycles. The average Bonchev–Trinajstić information content (AvgIpc) is 3.23. The number of hydrogen-bond acceptors (Lipinski definition) is 4. The highest BCUT2D eigenvalue weighted by atomic mass is 32.1. The van der Waals surface area contributed by atoms with Crippen LogP contribution < -0.4 is 0 Å². The number of benzene rings is 1. The van der Waals surface area contributed by atoms with E-state index in [0.717, 1.165) is 17.1 Å². The maximum atomic E-state index is 12.4. The van der Waals surface area contributed by atoms with Crippen molar-refractivity contribution >= 4 is 18.1 Å². The molecule has 7 heteroatoms. The number of hydrogen-bond donors (Lipinski definition) is 1. The van der Waals surface area contributed by atoms with E-state index in [9.17, 15) is 4.79 Å². The number of nitrogens with zero attached hydrogens (tertiary/aromatic N) is 3. The minimum absolute atomic E-state index is 0.0226. The van der Waals surface area contributed by atoms with E-state index in [-0.39, 0.29) is 5.91 Å². The van der Waals surface area contributed by atoms with Crippen LogP contribution in [-0.4, -0.2) is 32.6 Å². The topological polar surface area (TPSA) is 67.1 Å². The predicted octanol–water partition coefficient (Wildman–Crippen LogP) is 3.56. The number of aromatic nitrogens is 3. The minimum Gasteiger partial charge on any atom is -0.467 e. The van der Waals surface area contributed by atoms with Gasteiger partial charge in [0.15, 0.2) is 10.6 Å². The smallest absolute Gasteiger partial charge is 0.224 e. The van der Waals surface area contributed by atoms with E-state index in [1.165, 1.54) is 5.56 Å². The first-order chi connectivity index (χ1) is 12.0. The third kappa shape index (κ3) is 4.06. The first-order valence-electron chi connectivity index (χ1n) is 8.03. The van der Waals surface area contributed by atoms with Crippen LogP contribution in [0.15, 0.2) is 47.1 Å². The van der Waals surface area contributed by atoms with E-state index in [1.54, 1.807) is 18.2 Å². The average molecular weight is 356 g/mol. The maximum Gasteiger partial charge on any atom is 0.224 e. The fraction of sp³-hybridized carbons (Fsp3) is 0.278. The van der Waals surface area contributed by atoms with Gasteiger partial charge in [0.05, 0.1) is 12.8 Å². The summed E-state index contributed by atoms with van der Waals surface area (Å²) < 4.78 is 7.65. The monoisotopic (exact) mass is 356 g/mol. The van der Waals surface area contributed by atoms with Crippen LogP contribution in [-0.2, 0) is 17.9 Å². The van der Waals surface area contributed by atoms with E-state index in [1.807, 2.05) is 47.9 Å². The Hall–Kier alpha value is -2.67. The molecule has 0 spiro atoms. The molecular weight excluding hydrogens is 336 g/mol. The molecule has 3 aromatic rings. The fourth-order valence-electron chi connectivity index (χ4n) is 2.57. The normalized spacial score (nSPS) is 10.8. The second kappa shape index (κ2) is 7.48. The lowest BCUT2D eigenvalue weighted by atomic mass is 10.1. The van der Waals surface area contributed by atoms with Crippen molar-refractivity contribution in [3.63, 3.8) is 0 Å². The second-order valence-corrected chi connectivity index (χ2v) is 6.34. The summed E-state index contributed by atoms with van der Waals surface area (Å²) in [5.41, 5.74) is 2.15. The quantitative estimate of drug-likeness (QED) is 0.686. The summed E-state index contributed by atoms with van der Waals surface area (Å²) in [5.74, 6) is 1.52. The zero-order valence-electron chi connectivity index (χ0n) is 14.2. The fourth-order valence-corrected chi connectivity index (χ4v) is 2.79. The molecule has 3 rings (SSSR count). The summed E-state index contributed by atoms with van der Waals surface area (Å²) in [6.45, 7) is 2.96. The Morgan fingerprint density at radius 2 is 2.08 bits per heavy atom. The Labute approximate surface area is 151 Å². The molecule has 0 aliphatic heterocycles. The van der Waals surface area contributed by atoms with Crippen molar-refractivity contribution < 1.29 is 9.21 Å². The number of furan rings is 1. The van der Waals surface area contributed by atoms with Gasteiger partial charge in [-0.2, -0.15) is 5.10 Å². The molecule has 1 N–H and O–H groups in total. The van der Waals surface area contributed by atoms with E-state index < -0.39 is 0 Å². The molecule has 0 saturated heterocycles. The molecule has 2 heterocycles. The number of carbonyl (C=O) groups excluding carboxylic acids is 1. The van der Waals surface area contributed by atoms with Crippen LogP contribution in [0.2, 0.25) is 0 Å². The summed E-state index contributed by atoms with van der Waals surface area (Å²) in [4.78, 5) is 14.0. The number of nitrogens with one attached hydrogen (secondary N) is 1. The van der Waals surface area contributed by atoms with Crippen LogP contribution in [0.1, 0.15) is 17.7 Å². The van der Waals surface area contributed by atoms with Gasteiger partial charge in [-0.1, -0.05) is 29.8 Å². The number of H-pyrrole nitrogens is 1. The molecule has 0 aliphatic rings. The molecule has 0 fully saturated rings. The summed E-state index contributed by atoms with van der Waals surface area (Å²) in [5, 5.41) is 7.12. The second-order valence-electron chi connectivity index (χ2n) is 5.95. The highest BCUT2D eigenvalue weighted by molar-refractivity contribution is 7.71. The first-order valence-corrected chi connectivity index (χ1v) is 8.44. The Morgan fingerprint density at radius 3 is 2.76 bits per heavy atom. The first kappa shape index (κ1) is 17.2. The lowest BCUT2D eigenvalue weighted by Gasteiger charge is -2.16. The highest BCUT2D eigenvalue weighted by Gasteiger charge is 2.14. The Bertz CT molecular complexity index is 894. The van der Waals surface area contributed by atoms with Crippen LogP contribution in [0.4, 0.5) is 0 Å². The van der Waals surface area contributed by atoms with Gasteiger partial charge in [-0.15, -0.1) is 0 Å². The highest BCUT2D eigenvalue weighted by Crippen LogP contribution is 2.18. The predicted molar refractivity (Wildman–Crippen MR) is 97.4 cm³/mol. The van der Waals surface area contributed by atoms with Gasteiger partial charge >= 0.3 is 0 Å². The summed E-state index contributed by atoms with van der Waals surface area (Å²) in [6, 6.07) is 11.7. The SMILES string of the molecule is Cc1ccc(-c2n[nH]c(=S)n2CCC(=O)N(C)Cc2ccco2)cc1. The standard InChI is InChI=1S/C18H20N4O2S/c1-13-5-7-14(8-6-13)17-19-20-18(25)22(17)10-9-16(23)21(2)12-15-4-3-11-24-15/h3-8,11H,9-10,12H2,1-2H3,(H,20,25). The van der Waals surface area contributed by atoms with Crippen LogP contribution in [0.25, 0.3) is 11.4 Å². The summed E-state index contributed by atoms with van der Waals surface area (Å²) in [6.07, 6.45) is 1.94. The number of aryl methyl sites for hydroxylation is 1. The number of amides is 1. The molecule has 0 bridgehead atoms. The van der Waals surface area contributed by atoms with Gasteiger partial charge in [0.1, 0.15) is 5.76 Å². The molecule has 25 heavy (non-hydrogen) atoms. The van der Waals surface area contributed by atoms with E-state index in [2.05, 4.69) is 10.2 Å².